The van der Waals surface area contributed by atoms with E-state index < -0.39 is 0 Å². The first-order valence-electron chi connectivity index (χ1n) is 6.78. The molecule has 3 atom stereocenters. The van der Waals surface area contributed by atoms with E-state index in [-0.39, 0.29) is 11.2 Å². The first kappa shape index (κ1) is 10.8. The highest BCUT2D eigenvalue weighted by Gasteiger charge is 2.64. The Bertz CT molecular complexity index is 343. The van der Waals surface area contributed by atoms with Gasteiger partial charge in [0.05, 0.1) is 11.2 Å². The third-order valence-electron chi connectivity index (χ3n) is 5.75. The summed E-state index contributed by atoms with van der Waals surface area (Å²) in [4.78, 5) is 0. The first-order chi connectivity index (χ1) is 7.40. The van der Waals surface area contributed by atoms with Crippen molar-refractivity contribution in [1.29, 1.82) is 0 Å². The Hall–Kier alpha value is -0.300. The van der Waals surface area contributed by atoms with Crippen molar-refractivity contribution >= 4 is 0 Å². The summed E-state index contributed by atoms with van der Waals surface area (Å²) in [7, 11) is 0. The Kier molecular flexibility index (Phi) is 1.98. The van der Waals surface area contributed by atoms with Crippen LogP contribution >= 0.6 is 0 Å². The number of hydrogen-bond acceptors (Lipinski definition) is 1. The van der Waals surface area contributed by atoms with Crippen molar-refractivity contribution in [3.8, 4) is 0 Å². The van der Waals surface area contributed by atoms with Crippen LogP contribution in [0, 0.1) is 11.3 Å². The number of rotatable bonds is 0. The van der Waals surface area contributed by atoms with Crippen molar-refractivity contribution in [2.75, 3.05) is 0 Å². The van der Waals surface area contributed by atoms with Crippen molar-refractivity contribution in [3.05, 3.63) is 12.2 Å². The van der Waals surface area contributed by atoms with E-state index in [1.54, 1.807) is 0 Å². The van der Waals surface area contributed by atoms with E-state index in [1.165, 1.54) is 44.1 Å². The number of hydrogen-bond donors (Lipinski definition) is 0. The van der Waals surface area contributed by atoms with Crippen LogP contribution in [-0.2, 0) is 4.74 Å². The van der Waals surface area contributed by atoms with Crippen LogP contribution in [0.2, 0.25) is 0 Å². The Morgan fingerprint density at radius 2 is 2.00 bits per heavy atom. The lowest BCUT2D eigenvalue weighted by Crippen LogP contribution is -2.51. The minimum atomic E-state index is 0.0255. The van der Waals surface area contributed by atoms with Gasteiger partial charge < -0.3 is 4.74 Å². The third kappa shape index (κ3) is 1.11. The van der Waals surface area contributed by atoms with Crippen LogP contribution in [0.5, 0.6) is 0 Å². The van der Waals surface area contributed by atoms with Crippen LogP contribution < -0.4 is 0 Å². The molecule has 2 bridgehead atoms. The molecule has 0 unspecified atom stereocenters. The molecule has 1 heterocycles. The van der Waals surface area contributed by atoms with Crippen molar-refractivity contribution in [2.45, 2.75) is 70.5 Å². The highest BCUT2D eigenvalue weighted by Crippen LogP contribution is 2.65. The predicted octanol–water partition coefficient (Wildman–Crippen LogP) is 4.08. The molecule has 1 nitrogen and oxygen atoms in total. The van der Waals surface area contributed by atoms with Crippen molar-refractivity contribution in [1.82, 2.24) is 0 Å². The molecule has 3 rings (SSSR count). The van der Waals surface area contributed by atoms with E-state index in [2.05, 4.69) is 27.4 Å². The van der Waals surface area contributed by atoms with Crippen LogP contribution in [0.25, 0.3) is 0 Å². The molecule has 1 heteroatoms. The number of fused-ring (bicyclic) bond motifs is 1. The average Bonchev–Trinajstić information content (AvgIpc) is 2.42. The molecule has 1 spiro atoms. The zero-order valence-electron chi connectivity index (χ0n) is 10.9. The zero-order chi connectivity index (χ0) is 11.6. The van der Waals surface area contributed by atoms with Gasteiger partial charge in [-0.1, -0.05) is 13.5 Å². The van der Waals surface area contributed by atoms with Crippen molar-refractivity contribution in [2.24, 2.45) is 11.3 Å². The van der Waals surface area contributed by atoms with E-state index in [0.717, 1.165) is 5.92 Å². The summed E-state index contributed by atoms with van der Waals surface area (Å²) in [6.45, 7) is 11.3. The van der Waals surface area contributed by atoms with Crippen LogP contribution in [0.3, 0.4) is 0 Å². The van der Waals surface area contributed by atoms with Gasteiger partial charge in [-0.05, 0) is 63.9 Å². The minimum Gasteiger partial charge on any atom is -0.364 e. The molecule has 0 aromatic carbocycles. The van der Waals surface area contributed by atoms with E-state index in [1.807, 2.05) is 0 Å². The van der Waals surface area contributed by atoms with Gasteiger partial charge >= 0.3 is 0 Å². The summed E-state index contributed by atoms with van der Waals surface area (Å²) in [5.74, 6) is 0.746. The molecule has 16 heavy (non-hydrogen) atoms. The molecule has 0 aromatic rings. The first-order valence-corrected chi connectivity index (χ1v) is 6.78. The second kappa shape index (κ2) is 2.93. The molecule has 0 amide bonds. The van der Waals surface area contributed by atoms with Crippen molar-refractivity contribution in [3.63, 3.8) is 0 Å². The van der Waals surface area contributed by atoms with E-state index in [9.17, 15) is 0 Å². The topological polar surface area (TPSA) is 9.23 Å². The summed E-state index contributed by atoms with van der Waals surface area (Å²) in [5, 5.41) is 0. The fourth-order valence-corrected chi connectivity index (χ4v) is 4.54. The molecule has 2 aliphatic carbocycles. The van der Waals surface area contributed by atoms with Gasteiger partial charge in [0.2, 0.25) is 0 Å². The summed E-state index contributed by atoms with van der Waals surface area (Å²) in [5.41, 5.74) is 1.85. The smallest absolute Gasteiger partial charge is 0.0953 e. The Morgan fingerprint density at radius 1 is 1.25 bits per heavy atom. The van der Waals surface area contributed by atoms with Gasteiger partial charge in [-0.15, -0.1) is 0 Å². The molecule has 2 saturated carbocycles. The molecule has 0 radical (unpaired) electrons. The summed E-state index contributed by atoms with van der Waals surface area (Å²) >= 11 is 0. The monoisotopic (exact) mass is 220 g/mol. The highest BCUT2D eigenvalue weighted by atomic mass is 16.5. The third-order valence-corrected chi connectivity index (χ3v) is 5.75. The lowest BCUT2D eigenvalue weighted by molar-refractivity contribution is -0.136. The molecule has 90 valence electrons. The molecule has 0 aromatic heterocycles. The molecule has 3 aliphatic rings. The quantitative estimate of drug-likeness (QED) is 0.559. The van der Waals surface area contributed by atoms with E-state index in [4.69, 9.17) is 4.74 Å². The summed E-state index contributed by atoms with van der Waals surface area (Å²) < 4.78 is 6.58. The Morgan fingerprint density at radius 3 is 2.75 bits per heavy atom. The Balaban J connectivity index is 2.07. The van der Waals surface area contributed by atoms with Crippen LogP contribution in [0.4, 0.5) is 0 Å². The summed E-state index contributed by atoms with van der Waals surface area (Å²) in [6.07, 6.45) is 7.73. The van der Waals surface area contributed by atoms with Crippen LogP contribution in [-0.4, -0.2) is 11.2 Å². The molecule has 1 saturated heterocycles. The van der Waals surface area contributed by atoms with Gasteiger partial charge in [0.1, 0.15) is 0 Å². The number of ether oxygens (including phenoxy) is 1. The predicted molar refractivity (Wildman–Crippen MR) is 66.3 cm³/mol. The van der Waals surface area contributed by atoms with Gasteiger partial charge in [-0.25, -0.2) is 0 Å². The molecule has 1 aliphatic heterocycles. The van der Waals surface area contributed by atoms with Gasteiger partial charge in [0, 0.05) is 5.41 Å². The fraction of sp³-hybridized carbons (Fsp3) is 0.867. The van der Waals surface area contributed by atoms with Gasteiger partial charge in [-0.3, -0.25) is 0 Å². The van der Waals surface area contributed by atoms with Crippen LogP contribution in [0.15, 0.2) is 12.2 Å². The normalized spacial score (nSPS) is 50.2. The average molecular weight is 220 g/mol. The molecule has 3 fully saturated rings. The SMILES string of the molecule is C=C1CCC[C@@]2(C)CC[C@H]3C[C@@]12OC3(C)C. The molecular formula is C15H24O. The lowest BCUT2D eigenvalue weighted by Gasteiger charge is -2.53. The van der Waals surface area contributed by atoms with Crippen molar-refractivity contribution < 1.29 is 4.74 Å². The second-order valence-electron chi connectivity index (χ2n) is 6.99. The van der Waals surface area contributed by atoms with Crippen LogP contribution in [0.1, 0.15) is 59.3 Å². The fourth-order valence-electron chi connectivity index (χ4n) is 4.54. The largest absolute Gasteiger partial charge is 0.364 e. The molecule has 0 N–H and O–H groups in total. The maximum atomic E-state index is 6.58. The zero-order valence-corrected chi connectivity index (χ0v) is 10.9. The Labute approximate surface area is 99.3 Å². The standard InChI is InChI=1S/C15H24O/c1-11-6-5-8-14(4)9-7-12-10-15(11,14)16-13(12,2)3/h12H,1,5-10H2,2-4H3/t12-,14-,15+/m0/s1. The molecular weight excluding hydrogens is 196 g/mol. The minimum absolute atomic E-state index is 0.0255. The lowest BCUT2D eigenvalue weighted by atomic mass is 9.54. The van der Waals surface area contributed by atoms with Gasteiger partial charge in [0.15, 0.2) is 0 Å². The van der Waals surface area contributed by atoms with Gasteiger partial charge in [0.25, 0.3) is 0 Å². The second-order valence-corrected chi connectivity index (χ2v) is 6.99. The maximum Gasteiger partial charge on any atom is 0.0953 e. The maximum absolute atomic E-state index is 6.58. The summed E-state index contributed by atoms with van der Waals surface area (Å²) in [6, 6.07) is 0. The van der Waals surface area contributed by atoms with E-state index in [0.29, 0.717) is 5.41 Å². The highest BCUT2D eigenvalue weighted by molar-refractivity contribution is 5.28. The van der Waals surface area contributed by atoms with Gasteiger partial charge in [-0.2, -0.15) is 0 Å². The van der Waals surface area contributed by atoms with E-state index >= 15 is 0 Å².